The molecule has 0 bridgehead atoms. The monoisotopic (exact) mass is 153 g/mol. The number of hydrogen-bond acceptors (Lipinski definition) is 4. The summed E-state index contributed by atoms with van der Waals surface area (Å²) in [6, 6.07) is 1.12. The minimum absolute atomic E-state index is 0.00463. The summed E-state index contributed by atoms with van der Waals surface area (Å²) in [6.45, 7) is 0. The van der Waals surface area contributed by atoms with Gasteiger partial charge < -0.3 is 16.5 Å². The fourth-order valence-electron chi connectivity index (χ4n) is 0.604. The second-order valence-electron chi connectivity index (χ2n) is 1.93. The third-order valence-electron chi connectivity index (χ3n) is 1.02. The first-order valence-corrected chi connectivity index (χ1v) is 2.81. The zero-order valence-corrected chi connectivity index (χ0v) is 5.59. The number of aromatic nitrogens is 2. The topological polar surface area (TPSA) is 122 Å². The lowest BCUT2D eigenvalue weighted by Crippen LogP contribution is -2.21. The molecule has 0 radical (unpaired) electrons. The van der Waals surface area contributed by atoms with E-state index in [9.17, 15) is 4.79 Å². The summed E-state index contributed by atoms with van der Waals surface area (Å²) in [6.07, 6.45) is 0. The van der Waals surface area contributed by atoms with Crippen molar-refractivity contribution in [3.05, 3.63) is 22.2 Å². The van der Waals surface area contributed by atoms with Crippen LogP contribution in [0.15, 0.2) is 10.9 Å². The molecule has 0 aliphatic carbocycles. The van der Waals surface area contributed by atoms with Crippen LogP contribution in [0.4, 0.5) is 5.82 Å². The molecular formula is C5H7N5O. The summed E-state index contributed by atoms with van der Waals surface area (Å²) in [5.74, 6) is -0.261. The van der Waals surface area contributed by atoms with E-state index in [1.165, 1.54) is 0 Å². The molecular weight excluding hydrogens is 146 g/mol. The van der Waals surface area contributed by atoms with E-state index in [0.29, 0.717) is 0 Å². The van der Waals surface area contributed by atoms with Gasteiger partial charge in [-0.1, -0.05) is 0 Å². The van der Waals surface area contributed by atoms with Crippen LogP contribution in [0.2, 0.25) is 0 Å². The smallest absolute Gasteiger partial charge is 0.253 e. The molecule has 1 aromatic rings. The van der Waals surface area contributed by atoms with Gasteiger partial charge in [-0.2, -0.15) is 0 Å². The molecule has 0 fully saturated rings. The van der Waals surface area contributed by atoms with Crippen molar-refractivity contribution < 1.29 is 0 Å². The third-order valence-corrected chi connectivity index (χ3v) is 1.02. The highest BCUT2D eigenvalue weighted by molar-refractivity contribution is 5.91. The summed E-state index contributed by atoms with van der Waals surface area (Å²) >= 11 is 0. The number of hydrogen-bond donors (Lipinski definition) is 4. The molecule has 0 spiro atoms. The molecule has 0 atom stereocenters. The Morgan fingerprint density at radius 2 is 2.36 bits per heavy atom. The summed E-state index contributed by atoms with van der Waals surface area (Å²) < 4.78 is 0. The number of nitrogens with zero attached hydrogens (tertiary/aromatic N) is 1. The predicted octanol–water partition coefficient (Wildman–Crippen LogP) is -1.36. The fourth-order valence-corrected chi connectivity index (χ4v) is 0.604. The van der Waals surface area contributed by atoms with Gasteiger partial charge in [0.05, 0.1) is 0 Å². The number of nitrogens with one attached hydrogen (secondary N) is 2. The number of rotatable bonds is 1. The van der Waals surface area contributed by atoms with Crippen molar-refractivity contribution in [3.8, 4) is 0 Å². The maximum absolute atomic E-state index is 10.7. The molecule has 0 saturated carbocycles. The van der Waals surface area contributed by atoms with Gasteiger partial charge >= 0.3 is 0 Å². The van der Waals surface area contributed by atoms with Crippen molar-refractivity contribution in [2.24, 2.45) is 5.73 Å². The molecule has 0 amide bonds. The Hall–Kier alpha value is -1.85. The summed E-state index contributed by atoms with van der Waals surface area (Å²) in [4.78, 5) is 16.5. The average molecular weight is 153 g/mol. The first kappa shape index (κ1) is 7.26. The highest BCUT2D eigenvalue weighted by Crippen LogP contribution is 1.89. The number of H-pyrrole nitrogens is 1. The second-order valence-corrected chi connectivity index (χ2v) is 1.93. The number of nitrogen functional groups attached to an aromatic ring is 2. The minimum Gasteiger partial charge on any atom is -0.383 e. The number of aromatic amines is 1. The Morgan fingerprint density at radius 3 is 2.82 bits per heavy atom. The van der Waals surface area contributed by atoms with Crippen molar-refractivity contribution >= 4 is 11.7 Å². The lowest BCUT2D eigenvalue weighted by Gasteiger charge is -1.96. The van der Waals surface area contributed by atoms with Crippen molar-refractivity contribution in [2.45, 2.75) is 0 Å². The Bertz CT molecular complexity index is 341. The van der Waals surface area contributed by atoms with E-state index in [-0.39, 0.29) is 17.5 Å². The average Bonchev–Trinajstić information content (AvgIpc) is 1.85. The molecule has 1 heterocycles. The molecule has 6 heteroatoms. The molecule has 0 unspecified atom stereocenters. The maximum atomic E-state index is 10.7. The van der Waals surface area contributed by atoms with Crippen LogP contribution < -0.4 is 17.0 Å². The van der Waals surface area contributed by atoms with E-state index < -0.39 is 5.56 Å². The van der Waals surface area contributed by atoms with E-state index >= 15 is 0 Å². The van der Waals surface area contributed by atoms with Gasteiger partial charge in [-0.15, -0.1) is 0 Å². The van der Waals surface area contributed by atoms with Gasteiger partial charge in [0, 0.05) is 6.07 Å². The zero-order chi connectivity index (χ0) is 8.43. The summed E-state index contributed by atoms with van der Waals surface area (Å²) in [5.41, 5.74) is 9.85. The van der Waals surface area contributed by atoms with Crippen molar-refractivity contribution in [2.75, 3.05) is 5.73 Å². The van der Waals surface area contributed by atoms with E-state index in [1.54, 1.807) is 0 Å². The van der Waals surface area contributed by atoms with Crippen LogP contribution in [0.3, 0.4) is 0 Å². The second kappa shape index (κ2) is 2.41. The van der Waals surface area contributed by atoms with Gasteiger partial charge in [0.1, 0.15) is 5.82 Å². The van der Waals surface area contributed by atoms with E-state index in [4.69, 9.17) is 16.9 Å². The summed E-state index contributed by atoms with van der Waals surface area (Å²) in [7, 11) is 0. The van der Waals surface area contributed by atoms with Gasteiger partial charge in [-0.3, -0.25) is 10.2 Å². The quantitative estimate of drug-likeness (QED) is 0.294. The van der Waals surface area contributed by atoms with Crippen LogP contribution in [-0.4, -0.2) is 15.8 Å². The van der Waals surface area contributed by atoms with E-state index in [1.807, 2.05) is 0 Å². The summed E-state index contributed by atoms with van der Waals surface area (Å²) in [5, 5.41) is 6.92. The van der Waals surface area contributed by atoms with Crippen LogP contribution in [0.5, 0.6) is 0 Å². The van der Waals surface area contributed by atoms with Crippen molar-refractivity contribution in [3.63, 3.8) is 0 Å². The number of anilines is 1. The standard InChI is InChI=1S/C5H7N5O/c6-2-1-3(11)10-5(9-2)4(7)8/h1H,(H3,7,8)(H3,6,9,10,11). The lowest BCUT2D eigenvalue weighted by molar-refractivity contribution is 1.08. The molecule has 6 N–H and O–H groups in total. The molecule has 0 aliphatic rings. The van der Waals surface area contributed by atoms with E-state index in [2.05, 4.69) is 9.97 Å². The predicted molar refractivity (Wildman–Crippen MR) is 40.3 cm³/mol. The van der Waals surface area contributed by atoms with Gasteiger partial charge in [0.15, 0.2) is 11.7 Å². The van der Waals surface area contributed by atoms with Crippen LogP contribution >= 0.6 is 0 Å². The fraction of sp³-hybridized carbons (Fsp3) is 0. The molecule has 1 rings (SSSR count). The molecule has 0 aromatic carbocycles. The lowest BCUT2D eigenvalue weighted by atomic mass is 10.5. The van der Waals surface area contributed by atoms with Gasteiger partial charge in [-0.25, -0.2) is 4.98 Å². The zero-order valence-electron chi connectivity index (χ0n) is 5.59. The number of amidine groups is 1. The van der Waals surface area contributed by atoms with Crippen molar-refractivity contribution in [1.82, 2.24) is 9.97 Å². The Morgan fingerprint density at radius 1 is 1.73 bits per heavy atom. The molecule has 0 aliphatic heterocycles. The van der Waals surface area contributed by atoms with Crippen LogP contribution in [0.1, 0.15) is 5.82 Å². The first-order valence-electron chi connectivity index (χ1n) is 2.81. The molecule has 58 valence electrons. The van der Waals surface area contributed by atoms with Gasteiger partial charge in [0.25, 0.3) is 5.56 Å². The highest BCUT2D eigenvalue weighted by atomic mass is 16.1. The van der Waals surface area contributed by atoms with Crippen LogP contribution in [0, 0.1) is 5.41 Å². The highest BCUT2D eigenvalue weighted by Gasteiger charge is 1.99. The Kier molecular flexibility index (Phi) is 1.59. The largest absolute Gasteiger partial charge is 0.383 e. The normalized spacial score (nSPS) is 9.45. The maximum Gasteiger partial charge on any atom is 0.253 e. The van der Waals surface area contributed by atoms with Gasteiger partial charge in [-0.05, 0) is 0 Å². The first-order chi connectivity index (χ1) is 5.09. The van der Waals surface area contributed by atoms with Crippen molar-refractivity contribution in [1.29, 1.82) is 5.41 Å². The van der Waals surface area contributed by atoms with E-state index in [0.717, 1.165) is 6.07 Å². The Labute approximate surface area is 61.8 Å². The van der Waals surface area contributed by atoms with Crippen LogP contribution in [-0.2, 0) is 0 Å². The minimum atomic E-state index is -0.414. The third kappa shape index (κ3) is 1.54. The Balaban J connectivity index is 3.30. The number of nitrogens with two attached hydrogens (primary N) is 2. The molecule has 1 aromatic heterocycles. The van der Waals surface area contributed by atoms with Crippen LogP contribution in [0.25, 0.3) is 0 Å². The molecule has 11 heavy (non-hydrogen) atoms. The SMILES string of the molecule is N=C(N)c1nc(N)cc(=O)[nH]1. The molecule has 6 nitrogen and oxygen atoms in total. The molecule has 0 saturated heterocycles. The van der Waals surface area contributed by atoms with Gasteiger partial charge in [0.2, 0.25) is 0 Å².